The first-order valence-corrected chi connectivity index (χ1v) is 9.34. The number of carbonyl (C=O) groups excluding carboxylic acids is 1. The zero-order chi connectivity index (χ0) is 18.3. The maximum atomic E-state index is 12.3. The van der Waals surface area contributed by atoms with E-state index in [-0.39, 0.29) is 18.1 Å². The number of hydrogen-bond donors (Lipinski definition) is 2. The first-order valence-electron chi connectivity index (χ1n) is 9.34. The minimum Gasteiger partial charge on any atom is -0.396 e. The number of aliphatic hydroxyl groups excluding tert-OH is 1. The molecule has 1 aliphatic heterocycles. The largest absolute Gasteiger partial charge is 0.396 e. The summed E-state index contributed by atoms with van der Waals surface area (Å²) in [4.78, 5) is 16.5. The van der Waals surface area contributed by atoms with Crippen molar-refractivity contribution in [3.05, 3.63) is 30.3 Å². The number of amides is 2. The number of carbonyl (C=O) groups is 1. The van der Waals surface area contributed by atoms with Crippen LogP contribution in [0.3, 0.4) is 0 Å². The maximum Gasteiger partial charge on any atom is 0.317 e. The first-order chi connectivity index (χ1) is 11.9. The molecule has 0 spiro atoms. The van der Waals surface area contributed by atoms with Gasteiger partial charge in [-0.05, 0) is 43.2 Å². The second-order valence-corrected chi connectivity index (χ2v) is 7.82. The van der Waals surface area contributed by atoms with Crippen LogP contribution >= 0.6 is 0 Å². The summed E-state index contributed by atoms with van der Waals surface area (Å²) in [6, 6.07) is 10.9. The molecule has 5 heteroatoms. The third kappa shape index (κ3) is 5.92. The van der Waals surface area contributed by atoms with Gasteiger partial charge in [0.2, 0.25) is 0 Å². The van der Waals surface area contributed by atoms with Gasteiger partial charge in [0, 0.05) is 45.0 Å². The number of nitrogens with one attached hydrogen (secondary N) is 1. The van der Waals surface area contributed by atoms with Crippen LogP contribution in [-0.2, 0) is 0 Å². The number of aliphatic hydroxyl groups is 1. The average Bonchev–Trinajstić information content (AvgIpc) is 2.65. The molecule has 140 valence electrons. The normalized spacial score (nSPS) is 15.9. The van der Waals surface area contributed by atoms with E-state index in [1.54, 1.807) is 0 Å². The molecule has 2 amide bonds. The van der Waals surface area contributed by atoms with Crippen molar-refractivity contribution in [1.29, 1.82) is 0 Å². The number of benzene rings is 1. The highest BCUT2D eigenvalue weighted by Gasteiger charge is 2.25. The second kappa shape index (κ2) is 9.09. The summed E-state index contributed by atoms with van der Waals surface area (Å²) < 4.78 is 0. The van der Waals surface area contributed by atoms with Crippen LogP contribution in [0.4, 0.5) is 10.5 Å². The minimum absolute atomic E-state index is 0.0441. The Kier molecular flexibility index (Phi) is 7.12. The lowest BCUT2D eigenvalue weighted by molar-refractivity contribution is 0.147. The van der Waals surface area contributed by atoms with Gasteiger partial charge < -0.3 is 20.2 Å². The fraction of sp³-hybridized carbons (Fsp3) is 0.650. The zero-order valence-electron chi connectivity index (χ0n) is 15.9. The van der Waals surface area contributed by atoms with E-state index < -0.39 is 0 Å². The van der Waals surface area contributed by atoms with Gasteiger partial charge in [-0.15, -0.1) is 0 Å². The molecule has 0 unspecified atom stereocenters. The number of para-hydroxylation sites is 1. The third-order valence-corrected chi connectivity index (χ3v) is 5.20. The summed E-state index contributed by atoms with van der Waals surface area (Å²) in [7, 11) is 2.14. The summed E-state index contributed by atoms with van der Waals surface area (Å²) in [6.07, 6.45) is 3.80. The maximum absolute atomic E-state index is 12.3. The fourth-order valence-corrected chi connectivity index (χ4v) is 3.28. The monoisotopic (exact) mass is 347 g/mol. The van der Waals surface area contributed by atoms with Crippen LogP contribution in [0.25, 0.3) is 0 Å². The molecule has 1 heterocycles. The molecule has 0 radical (unpaired) electrons. The van der Waals surface area contributed by atoms with Crippen LogP contribution in [0.5, 0.6) is 0 Å². The standard InChI is InChI=1S/C20H33N3O2/c1-20(2,16-24)12-7-13-21-19(25)23-14-10-18(11-15-23)22(3)17-8-5-4-6-9-17/h4-6,8-9,18,24H,7,10-16H2,1-3H3,(H,21,25). The van der Waals surface area contributed by atoms with Crippen molar-refractivity contribution >= 4 is 11.7 Å². The van der Waals surface area contributed by atoms with Crippen molar-refractivity contribution in [2.75, 3.05) is 38.2 Å². The molecule has 0 saturated carbocycles. The van der Waals surface area contributed by atoms with Gasteiger partial charge >= 0.3 is 6.03 Å². The van der Waals surface area contributed by atoms with Gasteiger partial charge in [-0.2, -0.15) is 0 Å². The summed E-state index contributed by atoms with van der Waals surface area (Å²) >= 11 is 0. The Morgan fingerprint density at radius 3 is 2.52 bits per heavy atom. The molecule has 0 bridgehead atoms. The van der Waals surface area contributed by atoms with Gasteiger partial charge in [-0.3, -0.25) is 0 Å². The van der Waals surface area contributed by atoms with E-state index >= 15 is 0 Å². The molecule has 0 atom stereocenters. The van der Waals surface area contributed by atoms with E-state index in [2.05, 4.69) is 41.5 Å². The number of likely N-dealkylation sites (tertiary alicyclic amines) is 1. The van der Waals surface area contributed by atoms with Crippen molar-refractivity contribution in [2.24, 2.45) is 5.41 Å². The summed E-state index contributed by atoms with van der Waals surface area (Å²) in [5.74, 6) is 0. The Hall–Kier alpha value is -1.75. The van der Waals surface area contributed by atoms with Crippen molar-refractivity contribution in [2.45, 2.75) is 45.6 Å². The lowest BCUT2D eigenvalue weighted by atomic mass is 9.89. The average molecular weight is 348 g/mol. The summed E-state index contributed by atoms with van der Waals surface area (Å²) in [6.45, 7) is 6.55. The van der Waals surface area contributed by atoms with Crippen molar-refractivity contribution in [1.82, 2.24) is 10.2 Å². The van der Waals surface area contributed by atoms with Gasteiger partial charge in [0.05, 0.1) is 0 Å². The van der Waals surface area contributed by atoms with E-state index in [1.807, 2.05) is 24.8 Å². The lowest BCUT2D eigenvalue weighted by Crippen LogP contribution is -2.49. The predicted octanol–water partition coefficient (Wildman–Crippen LogP) is 3.10. The second-order valence-electron chi connectivity index (χ2n) is 7.82. The molecule has 1 aromatic carbocycles. The Bertz CT molecular complexity index is 525. The topological polar surface area (TPSA) is 55.8 Å². The lowest BCUT2D eigenvalue weighted by Gasteiger charge is -2.37. The zero-order valence-corrected chi connectivity index (χ0v) is 15.9. The Balaban J connectivity index is 1.70. The van der Waals surface area contributed by atoms with Crippen LogP contribution in [0, 0.1) is 5.41 Å². The van der Waals surface area contributed by atoms with Crippen molar-refractivity contribution < 1.29 is 9.90 Å². The molecule has 1 aromatic rings. The van der Waals surface area contributed by atoms with Gasteiger partial charge in [0.1, 0.15) is 0 Å². The van der Waals surface area contributed by atoms with E-state index in [0.29, 0.717) is 12.6 Å². The minimum atomic E-state index is -0.0644. The van der Waals surface area contributed by atoms with Crippen molar-refractivity contribution in [3.63, 3.8) is 0 Å². The Morgan fingerprint density at radius 1 is 1.28 bits per heavy atom. The molecular weight excluding hydrogens is 314 g/mol. The van der Waals surface area contributed by atoms with E-state index in [9.17, 15) is 9.90 Å². The molecule has 1 aliphatic rings. The highest BCUT2D eigenvalue weighted by Crippen LogP contribution is 2.22. The SMILES string of the molecule is CN(c1ccccc1)C1CCN(C(=O)NCCCC(C)(C)CO)CC1. The van der Waals surface area contributed by atoms with E-state index in [4.69, 9.17) is 0 Å². The number of piperidine rings is 1. The fourth-order valence-electron chi connectivity index (χ4n) is 3.28. The quantitative estimate of drug-likeness (QED) is 0.745. The summed E-state index contributed by atoms with van der Waals surface area (Å²) in [5, 5.41) is 12.3. The number of anilines is 1. The predicted molar refractivity (Wildman–Crippen MR) is 103 cm³/mol. The number of rotatable bonds is 7. The first kappa shape index (κ1) is 19.6. The summed E-state index contributed by atoms with van der Waals surface area (Å²) in [5.41, 5.74) is 1.17. The van der Waals surface area contributed by atoms with E-state index in [1.165, 1.54) is 5.69 Å². The van der Waals surface area contributed by atoms with Gasteiger partial charge in [0.15, 0.2) is 0 Å². The molecule has 2 N–H and O–H groups in total. The molecular formula is C20H33N3O2. The Morgan fingerprint density at radius 2 is 1.92 bits per heavy atom. The molecule has 1 saturated heterocycles. The number of urea groups is 1. The van der Waals surface area contributed by atoms with Crippen LogP contribution in [-0.4, -0.2) is 55.4 Å². The molecule has 0 aliphatic carbocycles. The molecule has 5 nitrogen and oxygen atoms in total. The Labute approximate surface area is 152 Å². The van der Waals surface area contributed by atoms with Crippen LogP contribution in [0.15, 0.2) is 30.3 Å². The molecule has 25 heavy (non-hydrogen) atoms. The van der Waals surface area contributed by atoms with Crippen LogP contribution < -0.4 is 10.2 Å². The van der Waals surface area contributed by atoms with Gasteiger partial charge in [0.25, 0.3) is 0 Å². The number of hydrogen-bond acceptors (Lipinski definition) is 3. The number of nitrogens with zero attached hydrogens (tertiary/aromatic N) is 2. The molecule has 0 aromatic heterocycles. The third-order valence-electron chi connectivity index (χ3n) is 5.20. The van der Waals surface area contributed by atoms with Crippen LogP contribution in [0.1, 0.15) is 39.5 Å². The molecule has 2 rings (SSSR count). The highest BCUT2D eigenvalue weighted by molar-refractivity contribution is 5.74. The van der Waals surface area contributed by atoms with Gasteiger partial charge in [-0.1, -0.05) is 32.0 Å². The smallest absolute Gasteiger partial charge is 0.317 e. The highest BCUT2D eigenvalue weighted by atomic mass is 16.3. The molecule has 1 fully saturated rings. The van der Waals surface area contributed by atoms with Crippen LogP contribution in [0.2, 0.25) is 0 Å². The van der Waals surface area contributed by atoms with Gasteiger partial charge in [-0.25, -0.2) is 4.79 Å². The van der Waals surface area contributed by atoms with E-state index in [0.717, 1.165) is 38.8 Å². The van der Waals surface area contributed by atoms with Crippen molar-refractivity contribution in [3.8, 4) is 0 Å².